The zero-order valence-electron chi connectivity index (χ0n) is 10.2. The third-order valence-corrected chi connectivity index (χ3v) is 3.32. The minimum atomic E-state index is -5.46. The molecule has 1 aromatic heterocycles. The van der Waals surface area contributed by atoms with Crippen molar-refractivity contribution in [1.29, 1.82) is 0 Å². The second-order valence-electron chi connectivity index (χ2n) is 4.74. The van der Waals surface area contributed by atoms with Crippen LogP contribution in [0.3, 0.4) is 0 Å². The number of rotatable bonds is 2. The maximum Gasteiger partial charge on any atom is 0.407 e. The minimum absolute atomic E-state index is 0.0170. The Labute approximate surface area is 110 Å². The van der Waals surface area contributed by atoms with E-state index in [-0.39, 0.29) is 31.3 Å². The molecule has 20 heavy (non-hydrogen) atoms. The largest absolute Gasteiger partial charge is 0.407 e. The first-order valence-corrected chi connectivity index (χ1v) is 5.90. The third kappa shape index (κ3) is 2.74. The van der Waals surface area contributed by atoms with Crippen molar-refractivity contribution in [1.82, 2.24) is 14.8 Å². The van der Waals surface area contributed by atoms with E-state index in [1.54, 1.807) is 0 Å². The van der Waals surface area contributed by atoms with Gasteiger partial charge in [0, 0.05) is 13.0 Å². The van der Waals surface area contributed by atoms with Crippen molar-refractivity contribution in [3.63, 3.8) is 0 Å². The van der Waals surface area contributed by atoms with Crippen molar-refractivity contribution < 1.29 is 26.3 Å². The predicted molar refractivity (Wildman–Crippen MR) is 55.7 cm³/mol. The minimum Gasteiger partial charge on any atom is -0.330 e. The average Bonchev–Trinajstić information content (AvgIpc) is 2.68. The van der Waals surface area contributed by atoms with Gasteiger partial charge in [0.05, 0.1) is 0 Å². The Morgan fingerprint density at radius 1 is 1.15 bits per heavy atom. The van der Waals surface area contributed by atoms with Crippen molar-refractivity contribution in [3.8, 4) is 0 Å². The fourth-order valence-electron chi connectivity index (χ4n) is 2.30. The number of aryl methyl sites for hydroxylation is 1. The number of hydrogen-bond donors (Lipinski definition) is 1. The first kappa shape index (κ1) is 15.1. The lowest BCUT2D eigenvalue weighted by Gasteiger charge is -2.27. The fourth-order valence-corrected chi connectivity index (χ4v) is 2.30. The van der Waals surface area contributed by atoms with Crippen LogP contribution < -0.4 is 5.73 Å². The molecule has 1 atom stereocenters. The van der Waals surface area contributed by atoms with Gasteiger partial charge < -0.3 is 10.3 Å². The molecule has 2 N–H and O–H groups in total. The first-order valence-electron chi connectivity index (χ1n) is 5.90. The Morgan fingerprint density at radius 3 is 2.25 bits per heavy atom. The molecule has 0 fully saturated rings. The summed E-state index contributed by atoms with van der Waals surface area (Å²) in [6.07, 6.45) is -10.1. The topological polar surface area (TPSA) is 56.7 Å². The van der Waals surface area contributed by atoms with Gasteiger partial charge in [-0.2, -0.15) is 26.3 Å². The highest BCUT2D eigenvalue weighted by atomic mass is 19.4. The normalized spacial score (nSPS) is 20.3. The molecule has 114 valence electrons. The molecule has 1 aliphatic heterocycles. The Hall–Kier alpha value is -1.32. The van der Waals surface area contributed by atoms with Gasteiger partial charge in [0.2, 0.25) is 5.92 Å². The van der Waals surface area contributed by atoms with Crippen molar-refractivity contribution in [3.05, 3.63) is 11.6 Å². The van der Waals surface area contributed by atoms with Crippen molar-refractivity contribution in [2.24, 2.45) is 11.7 Å². The van der Waals surface area contributed by atoms with E-state index >= 15 is 0 Å². The molecule has 0 aromatic carbocycles. The molecular weight excluding hydrogens is 290 g/mol. The van der Waals surface area contributed by atoms with Gasteiger partial charge in [-0.05, 0) is 18.9 Å². The van der Waals surface area contributed by atoms with Crippen LogP contribution >= 0.6 is 0 Å². The van der Waals surface area contributed by atoms with Gasteiger partial charge in [0.1, 0.15) is 5.82 Å². The Balaban J connectivity index is 2.44. The summed E-state index contributed by atoms with van der Waals surface area (Å²) in [5.41, 5.74) is 5.43. The molecule has 0 bridgehead atoms. The molecule has 4 nitrogen and oxygen atoms in total. The number of fused-ring (bicyclic) bond motifs is 1. The van der Waals surface area contributed by atoms with Crippen LogP contribution in [0.2, 0.25) is 0 Å². The van der Waals surface area contributed by atoms with Crippen LogP contribution in [0.25, 0.3) is 0 Å². The molecule has 0 aliphatic carbocycles. The first-order chi connectivity index (χ1) is 9.14. The van der Waals surface area contributed by atoms with Crippen LogP contribution in [-0.2, 0) is 13.0 Å². The highest BCUT2D eigenvalue weighted by Crippen LogP contribution is 2.46. The Kier molecular flexibility index (Phi) is 3.69. The predicted octanol–water partition coefficient (Wildman–Crippen LogP) is 2.01. The van der Waals surface area contributed by atoms with E-state index < -0.39 is 24.1 Å². The quantitative estimate of drug-likeness (QED) is 0.850. The van der Waals surface area contributed by atoms with Gasteiger partial charge in [-0.1, -0.05) is 0 Å². The van der Waals surface area contributed by atoms with Gasteiger partial charge in [-0.3, -0.25) is 0 Å². The summed E-state index contributed by atoms with van der Waals surface area (Å²) < 4.78 is 77.1. The highest BCUT2D eigenvalue weighted by Gasteiger charge is 2.60. The van der Waals surface area contributed by atoms with Crippen LogP contribution in [0.4, 0.5) is 26.3 Å². The van der Waals surface area contributed by atoms with Crippen LogP contribution in [0.15, 0.2) is 0 Å². The maximum absolute atomic E-state index is 12.7. The second-order valence-corrected chi connectivity index (χ2v) is 4.74. The van der Waals surface area contributed by atoms with E-state index in [1.807, 2.05) is 0 Å². The fraction of sp³-hybridized carbons (Fsp3) is 0.800. The lowest BCUT2D eigenvalue weighted by molar-refractivity contribution is -0.256. The molecule has 0 amide bonds. The molecule has 1 aliphatic rings. The van der Waals surface area contributed by atoms with E-state index in [0.29, 0.717) is 6.42 Å². The van der Waals surface area contributed by atoms with Crippen LogP contribution in [0, 0.1) is 5.92 Å². The van der Waals surface area contributed by atoms with Gasteiger partial charge in [0.25, 0.3) is 0 Å². The molecule has 2 rings (SSSR count). The summed E-state index contributed by atoms with van der Waals surface area (Å²) in [4.78, 5) is 0. The summed E-state index contributed by atoms with van der Waals surface area (Å²) in [7, 11) is 0. The van der Waals surface area contributed by atoms with E-state index in [4.69, 9.17) is 5.73 Å². The summed E-state index contributed by atoms with van der Waals surface area (Å²) in [5, 5.41) is 6.58. The molecule has 0 saturated heterocycles. The van der Waals surface area contributed by atoms with Crippen molar-refractivity contribution in [2.75, 3.05) is 6.54 Å². The Morgan fingerprint density at radius 2 is 1.75 bits per heavy atom. The van der Waals surface area contributed by atoms with Crippen LogP contribution in [-0.4, -0.2) is 33.7 Å². The molecule has 1 aromatic rings. The lowest BCUT2D eigenvalue weighted by Crippen LogP contribution is -2.38. The SMILES string of the molecule is NCC1CCc2nnc(C(C(F)(F)F)C(F)(F)F)n2C1. The zero-order valence-corrected chi connectivity index (χ0v) is 10.2. The molecule has 10 heteroatoms. The van der Waals surface area contributed by atoms with Crippen molar-refractivity contribution >= 4 is 0 Å². The number of aromatic nitrogens is 3. The summed E-state index contributed by atoms with van der Waals surface area (Å²) in [6.45, 7) is 0.177. The molecule has 0 spiro atoms. The molecule has 2 heterocycles. The number of nitrogens with zero attached hydrogens (tertiary/aromatic N) is 3. The third-order valence-electron chi connectivity index (χ3n) is 3.32. The summed E-state index contributed by atoms with van der Waals surface area (Å²) in [6, 6.07) is 0. The Bertz CT molecular complexity index is 463. The van der Waals surface area contributed by atoms with Crippen LogP contribution in [0.1, 0.15) is 24.0 Å². The monoisotopic (exact) mass is 302 g/mol. The second kappa shape index (κ2) is 4.90. The van der Waals surface area contributed by atoms with E-state index in [2.05, 4.69) is 10.2 Å². The van der Waals surface area contributed by atoms with Gasteiger partial charge >= 0.3 is 12.4 Å². The number of halogens is 6. The number of nitrogens with two attached hydrogens (primary N) is 1. The molecule has 0 radical (unpaired) electrons. The standard InChI is InChI=1S/C10H12F6N4/c11-9(12,13)7(10(14,15)16)8-19-18-6-2-1-5(3-17)4-20(6)8/h5,7H,1-4,17H2. The smallest absolute Gasteiger partial charge is 0.330 e. The highest BCUT2D eigenvalue weighted by molar-refractivity contribution is 5.10. The zero-order chi connectivity index (χ0) is 15.1. The summed E-state index contributed by atoms with van der Waals surface area (Å²) in [5.74, 6) is -4.74. The van der Waals surface area contributed by atoms with E-state index in [9.17, 15) is 26.3 Å². The molecule has 1 unspecified atom stereocenters. The molecule has 0 saturated carbocycles. The lowest BCUT2D eigenvalue weighted by atomic mass is 9.98. The molecular formula is C10H12F6N4. The average molecular weight is 302 g/mol. The number of hydrogen-bond acceptors (Lipinski definition) is 3. The van der Waals surface area contributed by atoms with E-state index in [0.717, 1.165) is 4.57 Å². The summed E-state index contributed by atoms with van der Waals surface area (Å²) >= 11 is 0. The van der Waals surface area contributed by atoms with Crippen molar-refractivity contribution in [2.45, 2.75) is 37.7 Å². The van der Waals surface area contributed by atoms with Crippen LogP contribution in [0.5, 0.6) is 0 Å². The van der Waals surface area contributed by atoms with Gasteiger partial charge in [-0.25, -0.2) is 0 Å². The van der Waals surface area contributed by atoms with Gasteiger partial charge in [-0.15, -0.1) is 10.2 Å². The number of alkyl halides is 6. The van der Waals surface area contributed by atoms with Gasteiger partial charge in [0.15, 0.2) is 5.82 Å². The van der Waals surface area contributed by atoms with E-state index in [1.165, 1.54) is 0 Å². The maximum atomic E-state index is 12.7.